The van der Waals surface area contributed by atoms with Gasteiger partial charge in [0.05, 0.1) is 12.1 Å². The van der Waals surface area contributed by atoms with Crippen LogP contribution in [0.4, 0.5) is 4.39 Å². The zero-order valence-corrected chi connectivity index (χ0v) is 17.6. The fraction of sp³-hybridized carbons (Fsp3) is 0.304. The molecule has 1 aliphatic heterocycles. The zero-order valence-electron chi connectivity index (χ0n) is 16.9. The van der Waals surface area contributed by atoms with Crippen LogP contribution < -0.4 is 4.74 Å². The lowest BCUT2D eigenvalue weighted by atomic mass is 9.99. The summed E-state index contributed by atoms with van der Waals surface area (Å²) in [6.45, 7) is 5.48. The Balaban J connectivity index is 1.71. The third-order valence-electron chi connectivity index (χ3n) is 5.26. The minimum Gasteiger partial charge on any atom is -0.496 e. The zero-order chi connectivity index (χ0) is 21.7. The highest BCUT2D eigenvalue weighted by molar-refractivity contribution is 6.33. The number of amides is 2. The highest BCUT2D eigenvalue weighted by Crippen LogP contribution is 2.36. The lowest BCUT2D eigenvalue weighted by molar-refractivity contribution is -0.137. The van der Waals surface area contributed by atoms with E-state index in [2.05, 4.69) is 6.58 Å². The van der Waals surface area contributed by atoms with Gasteiger partial charge in [0, 0.05) is 43.7 Å². The fourth-order valence-electron chi connectivity index (χ4n) is 3.58. The maximum atomic E-state index is 14.3. The van der Waals surface area contributed by atoms with Crippen molar-refractivity contribution in [2.45, 2.75) is 12.8 Å². The van der Waals surface area contributed by atoms with E-state index in [4.69, 9.17) is 16.3 Å². The molecule has 1 heterocycles. The molecule has 1 aliphatic rings. The van der Waals surface area contributed by atoms with E-state index in [1.807, 2.05) is 0 Å². The monoisotopic (exact) mass is 430 g/mol. The SMILES string of the molecule is C=CC(=O)N1CCN(C(=O)CCc2cc(-c3ccccc3F)c(Cl)cc2OC)CC1. The Hall–Kier alpha value is -2.86. The predicted octanol–water partition coefficient (Wildman–Crippen LogP) is 3.94. The summed E-state index contributed by atoms with van der Waals surface area (Å²) in [5.41, 5.74) is 1.75. The van der Waals surface area contributed by atoms with E-state index in [0.717, 1.165) is 5.56 Å². The standard InChI is InChI=1S/C23H24ClFN2O3/c1-3-22(28)26-10-12-27(13-11-26)23(29)9-8-16-14-18(19(24)15-21(16)30-2)17-6-4-5-7-20(17)25/h3-7,14-15H,1,8-13H2,2H3. The summed E-state index contributed by atoms with van der Waals surface area (Å²) in [6.07, 6.45) is 2.01. The molecular weight excluding hydrogens is 407 g/mol. The molecule has 0 unspecified atom stereocenters. The van der Waals surface area contributed by atoms with Crippen LogP contribution in [0.15, 0.2) is 49.1 Å². The van der Waals surface area contributed by atoms with Crippen molar-refractivity contribution < 1.29 is 18.7 Å². The van der Waals surface area contributed by atoms with Crippen LogP contribution in [0.5, 0.6) is 5.75 Å². The van der Waals surface area contributed by atoms with Crippen LogP contribution in [0.1, 0.15) is 12.0 Å². The third kappa shape index (κ3) is 4.82. The number of halogens is 2. The molecule has 0 bridgehead atoms. The molecule has 2 aromatic rings. The normalized spacial score (nSPS) is 13.8. The van der Waals surface area contributed by atoms with Crippen LogP contribution in [0, 0.1) is 5.82 Å². The third-order valence-corrected chi connectivity index (χ3v) is 5.57. The summed E-state index contributed by atoms with van der Waals surface area (Å²) in [6, 6.07) is 9.87. The van der Waals surface area contributed by atoms with E-state index >= 15 is 0 Å². The minimum atomic E-state index is -0.362. The van der Waals surface area contributed by atoms with Gasteiger partial charge in [-0.05, 0) is 36.3 Å². The van der Waals surface area contributed by atoms with Crippen LogP contribution in [-0.2, 0) is 16.0 Å². The molecule has 5 nitrogen and oxygen atoms in total. The Morgan fingerprint density at radius 1 is 1.13 bits per heavy atom. The Morgan fingerprint density at radius 3 is 2.43 bits per heavy atom. The maximum Gasteiger partial charge on any atom is 0.246 e. The van der Waals surface area contributed by atoms with Gasteiger partial charge in [0.25, 0.3) is 0 Å². The Kier molecular flexibility index (Phi) is 7.11. The average Bonchev–Trinajstić information content (AvgIpc) is 2.77. The molecule has 2 aromatic carbocycles. The van der Waals surface area contributed by atoms with Gasteiger partial charge < -0.3 is 14.5 Å². The number of hydrogen-bond acceptors (Lipinski definition) is 3. The molecule has 30 heavy (non-hydrogen) atoms. The van der Waals surface area contributed by atoms with Gasteiger partial charge in [0.1, 0.15) is 11.6 Å². The first-order chi connectivity index (χ1) is 14.4. The first-order valence-electron chi connectivity index (χ1n) is 9.75. The molecule has 0 spiro atoms. The number of aryl methyl sites for hydroxylation is 1. The van der Waals surface area contributed by atoms with E-state index in [1.54, 1.807) is 40.1 Å². The van der Waals surface area contributed by atoms with Gasteiger partial charge in [-0.1, -0.05) is 36.4 Å². The highest BCUT2D eigenvalue weighted by Gasteiger charge is 2.23. The van der Waals surface area contributed by atoms with E-state index in [1.165, 1.54) is 19.3 Å². The summed E-state index contributed by atoms with van der Waals surface area (Å²) in [4.78, 5) is 27.8. The van der Waals surface area contributed by atoms with Gasteiger partial charge in [-0.3, -0.25) is 9.59 Å². The number of benzene rings is 2. The molecule has 0 atom stereocenters. The number of carbonyl (C=O) groups is 2. The number of rotatable bonds is 6. The summed E-state index contributed by atoms with van der Waals surface area (Å²) >= 11 is 6.36. The van der Waals surface area contributed by atoms with Crippen molar-refractivity contribution in [3.05, 3.63) is 65.5 Å². The summed E-state index contributed by atoms with van der Waals surface area (Å²) in [5.74, 6) is 0.0895. The fourth-order valence-corrected chi connectivity index (χ4v) is 3.83. The van der Waals surface area contributed by atoms with E-state index in [9.17, 15) is 14.0 Å². The molecule has 3 rings (SSSR count). The highest BCUT2D eigenvalue weighted by atomic mass is 35.5. The van der Waals surface area contributed by atoms with Crippen molar-refractivity contribution in [2.75, 3.05) is 33.3 Å². The van der Waals surface area contributed by atoms with E-state index < -0.39 is 0 Å². The lowest BCUT2D eigenvalue weighted by Gasteiger charge is -2.34. The molecule has 0 saturated carbocycles. The molecule has 0 aromatic heterocycles. The topological polar surface area (TPSA) is 49.9 Å². The number of carbonyl (C=O) groups excluding carboxylic acids is 2. The van der Waals surface area contributed by atoms with Crippen molar-refractivity contribution >= 4 is 23.4 Å². The second-order valence-electron chi connectivity index (χ2n) is 7.03. The Labute approximate surface area is 180 Å². The van der Waals surface area contributed by atoms with Gasteiger partial charge in [0.15, 0.2) is 0 Å². The van der Waals surface area contributed by atoms with Crippen molar-refractivity contribution in [2.24, 2.45) is 0 Å². The van der Waals surface area contributed by atoms with Gasteiger partial charge >= 0.3 is 0 Å². The minimum absolute atomic E-state index is 0.00477. The largest absolute Gasteiger partial charge is 0.496 e. The summed E-state index contributed by atoms with van der Waals surface area (Å²) in [5, 5.41) is 0.384. The second kappa shape index (κ2) is 9.76. The van der Waals surface area contributed by atoms with Gasteiger partial charge in [-0.25, -0.2) is 4.39 Å². The van der Waals surface area contributed by atoms with E-state index in [0.29, 0.717) is 54.5 Å². The van der Waals surface area contributed by atoms with Crippen LogP contribution in [0.25, 0.3) is 11.1 Å². The second-order valence-corrected chi connectivity index (χ2v) is 7.44. The Morgan fingerprint density at radius 2 is 1.80 bits per heavy atom. The molecule has 1 saturated heterocycles. The number of ether oxygens (including phenoxy) is 1. The summed E-state index contributed by atoms with van der Waals surface area (Å²) in [7, 11) is 1.54. The smallest absolute Gasteiger partial charge is 0.246 e. The van der Waals surface area contributed by atoms with Gasteiger partial charge in [-0.2, -0.15) is 0 Å². The molecule has 0 aliphatic carbocycles. The average molecular weight is 431 g/mol. The number of nitrogens with zero attached hydrogens (tertiary/aromatic N) is 2. The summed E-state index contributed by atoms with van der Waals surface area (Å²) < 4.78 is 19.7. The number of piperazine rings is 1. The quantitative estimate of drug-likeness (QED) is 0.652. The number of methoxy groups -OCH3 is 1. The molecule has 158 valence electrons. The van der Waals surface area contributed by atoms with Gasteiger partial charge in [0.2, 0.25) is 11.8 Å². The molecule has 0 radical (unpaired) electrons. The first kappa shape index (κ1) is 21.8. The van der Waals surface area contributed by atoms with E-state index in [-0.39, 0.29) is 24.1 Å². The van der Waals surface area contributed by atoms with Crippen LogP contribution in [-0.4, -0.2) is 54.9 Å². The van der Waals surface area contributed by atoms with Crippen LogP contribution in [0.3, 0.4) is 0 Å². The predicted molar refractivity (Wildman–Crippen MR) is 115 cm³/mol. The first-order valence-corrected chi connectivity index (χ1v) is 10.1. The molecular formula is C23H24ClFN2O3. The van der Waals surface area contributed by atoms with Crippen molar-refractivity contribution in [1.82, 2.24) is 9.80 Å². The van der Waals surface area contributed by atoms with Crippen molar-refractivity contribution in [1.29, 1.82) is 0 Å². The Bertz CT molecular complexity index is 955. The van der Waals surface area contributed by atoms with Crippen LogP contribution >= 0.6 is 11.6 Å². The molecule has 1 fully saturated rings. The van der Waals surface area contributed by atoms with Crippen molar-refractivity contribution in [3.8, 4) is 16.9 Å². The molecule has 0 N–H and O–H groups in total. The van der Waals surface area contributed by atoms with Gasteiger partial charge in [-0.15, -0.1) is 0 Å². The lowest BCUT2D eigenvalue weighted by Crippen LogP contribution is -2.50. The molecule has 7 heteroatoms. The number of hydrogen-bond donors (Lipinski definition) is 0. The maximum absolute atomic E-state index is 14.3. The molecule has 2 amide bonds. The van der Waals surface area contributed by atoms with Crippen molar-refractivity contribution in [3.63, 3.8) is 0 Å². The van der Waals surface area contributed by atoms with Crippen LogP contribution in [0.2, 0.25) is 5.02 Å².